The van der Waals surface area contributed by atoms with E-state index in [1.54, 1.807) is 7.11 Å². The van der Waals surface area contributed by atoms with Gasteiger partial charge in [-0.1, -0.05) is 48.5 Å². The molecule has 0 unspecified atom stereocenters. The topological polar surface area (TPSA) is 75.9 Å². The van der Waals surface area contributed by atoms with Gasteiger partial charge in [0.1, 0.15) is 5.75 Å². The molecular weight excluding hydrogens is 464 g/mol. The van der Waals surface area contributed by atoms with E-state index in [1.165, 1.54) is 0 Å². The molecule has 0 saturated carbocycles. The number of carbonyl (C=O) groups is 1. The number of nitrogens with zero attached hydrogens (tertiary/aromatic N) is 6. The Morgan fingerprint density at radius 2 is 1.62 bits per heavy atom. The Bertz CT molecular complexity index is 1590. The zero-order chi connectivity index (χ0) is 25.4. The van der Waals surface area contributed by atoms with Crippen LogP contribution < -0.4 is 9.64 Å². The first-order valence-corrected chi connectivity index (χ1v) is 12.5. The van der Waals surface area contributed by atoms with Crippen LogP contribution in [0.4, 0.5) is 5.95 Å². The van der Waals surface area contributed by atoms with E-state index in [2.05, 4.69) is 38.6 Å². The monoisotopic (exact) mass is 492 g/mol. The van der Waals surface area contributed by atoms with Crippen LogP contribution in [-0.2, 0) is 11.2 Å². The lowest BCUT2D eigenvalue weighted by molar-refractivity contribution is -0.130. The maximum absolute atomic E-state index is 13.0. The summed E-state index contributed by atoms with van der Waals surface area (Å²) in [6.45, 7) is 4.71. The predicted molar refractivity (Wildman–Crippen MR) is 144 cm³/mol. The van der Waals surface area contributed by atoms with E-state index >= 15 is 0 Å². The zero-order valence-corrected chi connectivity index (χ0v) is 21.0. The number of methoxy groups -OCH3 is 1. The van der Waals surface area contributed by atoms with Gasteiger partial charge in [-0.15, -0.1) is 10.2 Å². The van der Waals surface area contributed by atoms with E-state index in [0.29, 0.717) is 32.6 Å². The van der Waals surface area contributed by atoms with E-state index < -0.39 is 0 Å². The fourth-order valence-corrected chi connectivity index (χ4v) is 4.96. The highest BCUT2D eigenvalue weighted by Gasteiger charge is 2.26. The van der Waals surface area contributed by atoms with Crippen LogP contribution >= 0.6 is 0 Å². The highest BCUT2D eigenvalue weighted by atomic mass is 16.5. The van der Waals surface area contributed by atoms with Gasteiger partial charge >= 0.3 is 0 Å². The molecule has 2 aromatic heterocycles. The van der Waals surface area contributed by atoms with Gasteiger partial charge < -0.3 is 14.5 Å². The van der Waals surface area contributed by atoms with Crippen LogP contribution in [0.5, 0.6) is 5.75 Å². The minimum absolute atomic E-state index is 0.131. The Hall–Kier alpha value is -4.46. The number of ether oxygens (including phenoxy) is 1. The van der Waals surface area contributed by atoms with Gasteiger partial charge in [-0.2, -0.15) is 0 Å². The molecule has 1 aliphatic heterocycles. The third kappa shape index (κ3) is 4.24. The van der Waals surface area contributed by atoms with Crippen LogP contribution in [0.1, 0.15) is 11.1 Å². The summed E-state index contributed by atoms with van der Waals surface area (Å²) in [6, 6.07) is 23.9. The minimum Gasteiger partial charge on any atom is -0.497 e. The van der Waals surface area contributed by atoms with E-state index in [9.17, 15) is 4.79 Å². The molecule has 0 bridgehead atoms. The average molecular weight is 493 g/mol. The molecule has 3 heterocycles. The smallest absolute Gasteiger partial charge is 0.227 e. The number of aromatic nitrogens is 4. The molecule has 1 saturated heterocycles. The lowest BCUT2D eigenvalue weighted by Crippen LogP contribution is -2.50. The zero-order valence-electron chi connectivity index (χ0n) is 21.0. The third-order valence-corrected chi connectivity index (χ3v) is 7.04. The van der Waals surface area contributed by atoms with Crippen LogP contribution in [0, 0.1) is 6.92 Å². The van der Waals surface area contributed by atoms with E-state index in [4.69, 9.17) is 9.72 Å². The maximum Gasteiger partial charge on any atom is 0.227 e. The summed E-state index contributed by atoms with van der Waals surface area (Å²) in [4.78, 5) is 22.3. The molecule has 186 valence electrons. The number of hydrogen-bond donors (Lipinski definition) is 0. The van der Waals surface area contributed by atoms with E-state index in [1.807, 2.05) is 65.6 Å². The van der Waals surface area contributed by atoms with Crippen molar-refractivity contribution in [1.29, 1.82) is 0 Å². The molecule has 0 radical (unpaired) electrons. The maximum atomic E-state index is 13.0. The van der Waals surface area contributed by atoms with E-state index in [0.717, 1.165) is 50.8 Å². The number of benzene rings is 3. The van der Waals surface area contributed by atoms with Gasteiger partial charge in [-0.3, -0.25) is 4.79 Å². The molecule has 37 heavy (non-hydrogen) atoms. The molecule has 5 aromatic rings. The lowest BCUT2D eigenvalue weighted by atomic mass is 10.1. The number of para-hydroxylation sites is 1. The second-order valence-electron chi connectivity index (χ2n) is 9.32. The summed E-state index contributed by atoms with van der Waals surface area (Å²) >= 11 is 0. The molecule has 6 rings (SSSR count). The number of aryl methyl sites for hydroxylation is 1. The Morgan fingerprint density at radius 1 is 0.892 bits per heavy atom. The SMILES string of the molecule is COc1ccc(CC(=O)N2CCN(c3nc4ccccc4c4nnc(-c5ccccc5C)n34)CC2)cc1. The number of anilines is 1. The number of rotatable bonds is 5. The molecule has 1 fully saturated rings. The van der Waals surface area contributed by atoms with Gasteiger partial charge in [0.15, 0.2) is 11.5 Å². The van der Waals surface area contributed by atoms with Crippen LogP contribution in [0.2, 0.25) is 0 Å². The van der Waals surface area contributed by atoms with Crippen LogP contribution in [0.3, 0.4) is 0 Å². The number of hydrogen-bond acceptors (Lipinski definition) is 6. The van der Waals surface area contributed by atoms with Crippen molar-refractivity contribution in [2.75, 3.05) is 38.2 Å². The Kier molecular flexibility index (Phi) is 5.92. The lowest BCUT2D eigenvalue weighted by Gasteiger charge is -2.35. The average Bonchev–Trinajstić information content (AvgIpc) is 3.39. The number of amides is 1. The molecule has 0 spiro atoms. The summed E-state index contributed by atoms with van der Waals surface area (Å²) < 4.78 is 7.29. The first kappa shape index (κ1) is 23.0. The fraction of sp³-hybridized carbons (Fsp3) is 0.241. The number of piperazine rings is 1. The van der Waals surface area contributed by atoms with Gasteiger partial charge in [-0.05, 0) is 42.3 Å². The molecule has 8 nitrogen and oxygen atoms in total. The molecule has 1 aliphatic rings. The molecule has 0 aliphatic carbocycles. The van der Waals surface area contributed by atoms with Crippen molar-refractivity contribution in [3.63, 3.8) is 0 Å². The molecular formula is C29H28N6O2. The highest BCUT2D eigenvalue weighted by Crippen LogP contribution is 2.30. The largest absolute Gasteiger partial charge is 0.497 e. The Morgan fingerprint density at radius 3 is 2.38 bits per heavy atom. The van der Waals surface area contributed by atoms with Crippen molar-refractivity contribution in [2.45, 2.75) is 13.3 Å². The second kappa shape index (κ2) is 9.54. The summed E-state index contributed by atoms with van der Waals surface area (Å²) in [7, 11) is 1.64. The predicted octanol–water partition coefficient (Wildman–Crippen LogP) is 4.15. The van der Waals surface area contributed by atoms with Crippen molar-refractivity contribution in [3.8, 4) is 17.1 Å². The van der Waals surface area contributed by atoms with Gasteiger partial charge in [0.05, 0.1) is 19.0 Å². The Balaban J connectivity index is 1.30. The Labute approximate surface area is 215 Å². The molecule has 0 N–H and O–H groups in total. The number of carbonyl (C=O) groups excluding carboxylic acids is 1. The van der Waals surface area contributed by atoms with Crippen LogP contribution in [0.25, 0.3) is 27.9 Å². The van der Waals surface area contributed by atoms with Crippen LogP contribution in [-0.4, -0.2) is 63.7 Å². The van der Waals surface area contributed by atoms with Gasteiger partial charge in [-0.25, -0.2) is 9.38 Å². The summed E-state index contributed by atoms with van der Waals surface area (Å²) in [5.41, 5.74) is 4.81. The molecule has 1 amide bonds. The van der Waals surface area contributed by atoms with Crippen molar-refractivity contribution in [3.05, 3.63) is 83.9 Å². The second-order valence-corrected chi connectivity index (χ2v) is 9.32. The molecule has 0 atom stereocenters. The van der Waals surface area contributed by atoms with Gasteiger partial charge in [0, 0.05) is 37.1 Å². The van der Waals surface area contributed by atoms with Gasteiger partial charge in [0.2, 0.25) is 11.9 Å². The summed E-state index contributed by atoms with van der Waals surface area (Å²) in [6.07, 6.45) is 0.380. The van der Waals surface area contributed by atoms with Crippen molar-refractivity contribution in [2.24, 2.45) is 0 Å². The van der Waals surface area contributed by atoms with Crippen molar-refractivity contribution < 1.29 is 9.53 Å². The first-order chi connectivity index (χ1) is 18.1. The minimum atomic E-state index is 0.131. The quantitative estimate of drug-likeness (QED) is 0.367. The number of fused-ring (bicyclic) bond motifs is 3. The van der Waals surface area contributed by atoms with Crippen molar-refractivity contribution >= 4 is 28.4 Å². The van der Waals surface area contributed by atoms with Crippen LogP contribution in [0.15, 0.2) is 72.8 Å². The molecule has 8 heteroatoms. The fourth-order valence-electron chi connectivity index (χ4n) is 4.96. The normalized spacial score (nSPS) is 13.9. The summed E-state index contributed by atoms with van der Waals surface area (Å²) in [5.74, 6) is 2.50. The standard InChI is InChI=1S/C29H28N6O2/c1-20-7-3-4-8-23(20)27-31-32-28-24-9-5-6-10-25(24)30-29(35(27)28)34-17-15-33(16-18-34)26(36)19-21-11-13-22(37-2)14-12-21/h3-14H,15-19H2,1-2H3. The summed E-state index contributed by atoms with van der Waals surface area (Å²) in [5, 5.41) is 10.2. The van der Waals surface area contributed by atoms with Crippen molar-refractivity contribution in [1.82, 2.24) is 24.5 Å². The van der Waals surface area contributed by atoms with E-state index in [-0.39, 0.29) is 5.91 Å². The first-order valence-electron chi connectivity index (χ1n) is 12.5. The van der Waals surface area contributed by atoms with Gasteiger partial charge in [0.25, 0.3) is 0 Å². The third-order valence-electron chi connectivity index (χ3n) is 7.04. The molecule has 3 aromatic carbocycles. The highest BCUT2D eigenvalue weighted by molar-refractivity contribution is 5.93.